The first-order chi connectivity index (χ1) is 12.8. The summed E-state index contributed by atoms with van der Waals surface area (Å²) in [6, 6.07) is 6.94. The fourth-order valence-corrected chi connectivity index (χ4v) is 2.50. The summed E-state index contributed by atoms with van der Waals surface area (Å²) in [6.45, 7) is 5.43. The van der Waals surface area contributed by atoms with Crippen LogP contribution >= 0.6 is 0 Å². The highest BCUT2D eigenvalue weighted by Gasteiger charge is 2.20. The Bertz CT molecular complexity index is 800. The van der Waals surface area contributed by atoms with E-state index in [2.05, 4.69) is 10.4 Å². The summed E-state index contributed by atoms with van der Waals surface area (Å²) in [4.78, 5) is 24.5. The topological polar surface area (TPSA) is 91.7 Å². The molecule has 0 aliphatic heterocycles. The number of hydrogen-bond acceptors (Lipinski definition) is 6. The third-order valence-corrected chi connectivity index (χ3v) is 3.88. The highest BCUT2D eigenvalue weighted by atomic mass is 16.5. The third kappa shape index (κ3) is 5.22. The molecular formula is C19H25N3O5. The van der Waals surface area contributed by atoms with E-state index in [4.69, 9.17) is 14.2 Å². The molecule has 1 heterocycles. The number of hydrogen-bond donors (Lipinski definition) is 1. The number of nitrogens with zero attached hydrogens (tertiary/aromatic N) is 2. The average Bonchev–Trinajstić information content (AvgIpc) is 3.09. The van der Waals surface area contributed by atoms with Crippen LogP contribution in [0.3, 0.4) is 0 Å². The predicted molar refractivity (Wildman–Crippen MR) is 100 cm³/mol. The van der Waals surface area contributed by atoms with Crippen molar-refractivity contribution in [3.05, 3.63) is 36.0 Å². The average molecular weight is 375 g/mol. The molecule has 0 aliphatic carbocycles. The summed E-state index contributed by atoms with van der Waals surface area (Å²) >= 11 is 0. The number of methoxy groups -OCH3 is 2. The zero-order chi connectivity index (χ0) is 20.0. The number of benzene rings is 1. The number of aromatic nitrogens is 2. The van der Waals surface area contributed by atoms with Crippen LogP contribution in [0.5, 0.6) is 11.5 Å². The van der Waals surface area contributed by atoms with Gasteiger partial charge in [-0.1, -0.05) is 6.07 Å². The maximum atomic E-state index is 12.3. The summed E-state index contributed by atoms with van der Waals surface area (Å²) in [5.41, 5.74) is 0.697. The van der Waals surface area contributed by atoms with Crippen molar-refractivity contribution in [2.24, 2.45) is 0 Å². The second-order valence-electron chi connectivity index (χ2n) is 6.24. The van der Waals surface area contributed by atoms with Crippen molar-refractivity contribution in [2.45, 2.75) is 39.3 Å². The molecule has 1 aromatic heterocycles. The van der Waals surface area contributed by atoms with Crippen LogP contribution in [0.25, 0.3) is 0 Å². The van der Waals surface area contributed by atoms with E-state index < -0.39 is 18.0 Å². The Kier molecular flexibility index (Phi) is 6.81. The maximum Gasteiger partial charge on any atom is 0.311 e. The van der Waals surface area contributed by atoms with E-state index >= 15 is 0 Å². The van der Waals surface area contributed by atoms with E-state index in [1.54, 1.807) is 35.1 Å². The van der Waals surface area contributed by atoms with E-state index in [-0.39, 0.29) is 12.5 Å². The first-order valence-electron chi connectivity index (χ1n) is 8.60. The van der Waals surface area contributed by atoms with Gasteiger partial charge in [-0.15, -0.1) is 0 Å². The number of anilines is 1. The SMILES string of the molecule is COc1ccc(CC(=O)OC(C)C(=O)Nc2ccnn2C(C)C)cc1OC. The van der Waals surface area contributed by atoms with Gasteiger partial charge in [0.15, 0.2) is 17.6 Å². The summed E-state index contributed by atoms with van der Waals surface area (Å²) in [5.74, 6) is 0.720. The Hall–Kier alpha value is -3.03. The van der Waals surface area contributed by atoms with Gasteiger partial charge in [-0.25, -0.2) is 4.68 Å². The molecule has 146 valence electrons. The predicted octanol–water partition coefficient (Wildman–Crippen LogP) is 2.59. The van der Waals surface area contributed by atoms with Crippen molar-refractivity contribution in [3.63, 3.8) is 0 Å². The molecular weight excluding hydrogens is 350 g/mol. The van der Waals surface area contributed by atoms with Gasteiger partial charge in [0, 0.05) is 12.1 Å². The molecule has 0 aliphatic rings. The molecule has 0 spiro atoms. The second kappa shape index (κ2) is 9.07. The summed E-state index contributed by atoms with van der Waals surface area (Å²) in [7, 11) is 3.06. The minimum absolute atomic E-state index is 0.0158. The van der Waals surface area contributed by atoms with Crippen LogP contribution in [-0.2, 0) is 20.7 Å². The number of rotatable bonds is 8. The monoisotopic (exact) mass is 375 g/mol. The lowest BCUT2D eigenvalue weighted by Crippen LogP contribution is -2.31. The number of carbonyl (C=O) groups is 2. The molecule has 2 aromatic rings. The molecule has 0 fully saturated rings. The fraction of sp³-hybridized carbons (Fsp3) is 0.421. The van der Waals surface area contributed by atoms with Gasteiger partial charge in [-0.2, -0.15) is 5.10 Å². The Morgan fingerprint density at radius 2 is 1.81 bits per heavy atom. The number of carbonyl (C=O) groups excluding carboxylic acids is 2. The Balaban J connectivity index is 1.94. The van der Waals surface area contributed by atoms with Crippen molar-refractivity contribution in [3.8, 4) is 11.5 Å². The molecule has 1 atom stereocenters. The minimum atomic E-state index is -0.937. The molecule has 1 aromatic carbocycles. The molecule has 8 nitrogen and oxygen atoms in total. The molecule has 0 saturated heterocycles. The molecule has 8 heteroatoms. The van der Waals surface area contributed by atoms with Crippen LogP contribution in [0.15, 0.2) is 30.5 Å². The smallest absolute Gasteiger partial charge is 0.311 e. The summed E-state index contributed by atoms with van der Waals surface area (Å²) < 4.78 is 17.3. The van der Waals surface area contributed by atoms with Crippen molar-refractivity contribution in [1.82, 2.24) is 9.78 Å². The molecule has 0 bridgehead atoms. The number of amides is 1. The van der Waals surface area contributed by atoms with E-state index in [1.807, 2.05) is 13.8 Å². The van der Waals surface area contributed by atoms with Crippen LogP contribution in [0.4, 0.5) is 5.82 Å². The number of esters is 1. The molecule has 27 heavy (non-hydrogen) atoms. The molecule has 0 saturated carbocycles. The minimum Gasteiger partial charge on any atom is -0.493 e. The highest BCUT2D eigenvalue weighted by molar-refractivity contribution is 5.94. The molecule has 1 unspecified atom stereocenters. The Morgan fingerprint density at radius 1 is 1.11 bits per heavy atom. The van der Waals surface area contributed by atoms with Gasteiger partial charge in [0.05, 0.1) is 26.8 Å². The van der Waals surface area contributed by atoms with Crippen molar-refractivity contribution in [1.29, 1.82) is 0 Å². The standard InChI is InChI=1S/C19H25N3O5/c1-12(2)22-17(8-9-20-22)21-19(24)13(3)27-18(23)11-14-6-7-15(25-4)16(10-14)26-5/h6-10,12-13H,11H2,1-5H3,(H,21,24). The highest BCUT2D eigenvalue weighted by Crippen LogP contribution is 2.27. The lowest BCUT2D eigenvalue weighted by atomic mass is 10.1. The molecule has 1 amide bonds. The molecule has 0 radical (unpaired) electrons. The van der Waals surface area contributed by atoms with Crippen LogP contribution < -0.4 is 14.8 Å². The van der Waals surface area contributed by atoms with E-state index in [1.165, 1.54) is 21.1 Å². The van der Waals surface area contributed by atoms with Crippen molar-refractivity contribution in [2.75, 3.05) is 19.5 Å². The number of ether oxygens (including phenoxy) is 3. The van der Waals surface area contributed by atoms with Crippen LogP contribution in [0.1, 0.15) is 32.4 Å². The van der Waals surface area contributed by atoms with E-state index in [0.29, 0.717) is 22.9 Å². The second-order valence-corrected chi connectivity index (χ2v) is 6.24. The lowest BCUT2D eigenvalue weighted by Gasteiger charge is -2.16. The van der Waals surface area contributed by atoms with Crippen LogP contribution in [0.2, 0.25) is 0 Å². The molecule has 2 rings (SSSR count). The zero-order valence-corrected chi connectivity index (χ0v) is 16.2. The van der Waals surface area contributed by atoms with Crippen molar-refractivity contribution < 1.29 is 23.8 Å². The van der Waals surface area contributed by atoms with E-state index in [9.17, 15) is 9.59 Å². The first kappa shape index (κ1) is 20.3. The third-order valence-electron chi connectivity index (χ3n) is 3.88. The number of nitrogens with one attached hydrogen (secondary N) is 1. The van der Waals surface area contributed by atoms with Gasteiger partial charge in [0.25, 0.3) is 5.91 Å². The lowest BCUT2D eigenvalue weighted by molar-refractivity contribution is -0.152. The van der Waals surface area contributed by atoms with Gasteiger partial charge >= 0.3 is 5.97 Å². The normalized spacial score (nSPS) is 11.8. The first-order valence-corrected chi connectivity index (χ1v) is 8.60. The van der Waals surface area contributed by atoms with Gasteiger partial charge in [-0.3, -0.25) is 9.59 Å². The van der Waals surface area contributed by atoms with Gasteiger partial charge in [-0.05, 0) is 38.5 Å². The quantitative estimate of drug-likeness (QED) is 0.713. The van der Waals surface area contributed by atoms with Gasteiger partial charge < -0.3 is 19.5 Å². The van der Waals surface area contributed by atoms with Gasteiger partial charge in [0.1, 0.15) is 5.82 Å². The Morgan fingerprint density at radius 3 is 2.44 bits per heavy atom. The van der Waals surface area contributed by atoms with E-state index in [0.717, 1.165) is 0 Å². The zero-order valence-electron chi connectivity index (χ0n) is 16.2. The summed E-state index contributed by atoms with van der Waals surface area (Å²) in [6.07, 6.45) is 0.679. The largest absolute Gasteiger partial charge is 0.493 e. The van der Waals surface area contributed by atoms with Gasteiger partial charge in [0.2, 0.25) is 0 Å². The summed E-state index contributed by atoms with van der Waals surface area (Å²) in [5, 5.41) is 6.87. The maximum absolute atomic E-state index is 12.3. The van der Waals surface area contributed by atoms with Crippen LogP contribution in [-0.4, -0.2) is 42.0 Å². The van der Waals surface area contributed by atoms with Crippen LogP contribution in [0, 0.1) is 0 Å². The fourth-order valence-electron chi connectivity index (χ4n) is 2.50. The Labute approximate surface area is 158 Å². The van der Waals surface area contributed by atoms with Crippen molar-refractivity contribution >= 4 is 17.7 Å². The molecule has 1 N–H and O–H groups in total.